The molecule has 1 aliphatic rings. The molecule has 2 rings (SSSR count). The van der Waals surface area contributed by atoms with Crippen molar-refractivity contribution in [3.63, 3.8) is 0 Å². The van der Waals surface area contributed by atoms with E-state index in [0.717, 1.165) is 18.5 Å². The predicted molar refractivity (Wildman–Crippen MR) is 90.6 cm³/mol. The van der Waals surface area contributed by atoms with Crippen molar-refractivity contribution >= 4 is 17.3 Å². The smallest absolute Gasteiger partial charge is 0.288 e. The summed E-state index contributed by atoms with van der Waals surface area (Å²) in [4.78, 5) is 14.0. The van der Waals surface area contributed by atoms with Crippen molar-refractivity contribution in [1.82, 2.24) is 4.90 Å². The Morgan fingerprint density at radius 2 is 2.00 bits per heavy atom. The van der Waals surface area contributed by atoms with Crippen molar-refractivity contribution in [2.75, 3.05) is 25.3 Å². The van der Waals surface area contributed by atoms with Crippen LogP contribution in [0.15, 0.2) is 29.4 Å². The highest BCUT2D eigenvalue weighted by Gasteiger charge is 2.37. The summed E-state index contributed by atoms with van der Waals surface area (Å²) in [5, 5.41) is 15.0. The van der Waals surface area contributed by atoms with E-state index in [0.29, 0.717) is 18.9 Å². The molecule has 1 amide bonds. The molecule has 128 valence electrons. The van der Waals surface area contributed by atoms with Crippen LogP contribution in [0.25, 0.3) is 0 Å². The zero-order chi connectivity index (χ0) is 17.5. The summed E-state index contributed by atoms with van der Waals surface area (Å²) in [6, 6.07) is 9.11. The van der Waals surface area contributed by atoms with Crippen LogP contribution in [0.2, 0.25) is 0 Å². The lowest BCUT2D eigenvalue weighted by atomic mass is 10.2. The predicted octanol–water partition coefficient (Wildman–Crippen LogP) is 2.34. The summed E-state index contributed by atoms with van der Waals surface area (Å²) in [5.41, 5.74) is 0.578. The van der Waals surface area contributed by atoms with Gasteiger partial charge in [0, 0.05) is 13.2 Å². The van der Waals surface area contributed by atoms with Gasteiger partial charge in [0.25, 0.3) is 5.91 Å². The molecule has 1 aliphatic heterocycles. The summed E-state index contributed by atoms with van der Waals surface area (Å²) in [6.07, 6.45) is 1.09. The number of rotatable bonds is 7. The number of nitriles is 1. The fraction of sp³-hybridized carbons (Fsp3) is 0.471. The molecule has 7 heteroatoms. The second-order valence-corrected chi connectivity index (χ2v) is 5.24. The van der Waals surface area contributed by atoms with Crippen LogP contribution in [0.1, 0.15) is 26.7 Å². The van der Waals surface area contributed by atoms with Gasteiger partial charge < -0.3 is 9.47 Å². The van der Waals surface area contributed by atoms with Crippen molar-refractivity contribution in [2.24, 2.45) is 5.10 Å². The number of hydrogen-bond acceptors (Lipinski definition) is 6. The van der Waals surface area contributed by atoms with Crippen molar-refractivity contribution in [2.45, 2.75) is 33.0 Å². The van der Waals surface area contributed by atoms with Crippen molar-refractivity contribution in [1.29, 1.82) is 5.26 Å². The highest BCUT2D eigenvalue weighted by molar-refractivity contribution is 6.45. The molecule has 7 nitrogen and oxygen atoms in total. The Bertz CT molecular complexity index is 636. The molecule has 0 unspecified atom stereocenters. The maximum atomic E-state index is 12.5. The Hall–Kier alpha value is -2.59. The van der Waals surface area contributed by atoms with Gasteiger partial charge in [-0.3, -0.25) is 9.69 Å². The molecule has 0 fully saturated rings. The SMILES string of the molecule is CCCCN1C(=O)C(C#N)=NN(c2ccc(OC)cc2)[C@H]1OCC. The van der Waals surface area contributed by atoms with Crippen LogP contribution in [0.4, 0.5) is 5.69 Å². The van der Waals surface area contributed by atoms with Crippen molar-refractivity contribution in [3.05, 3.63) is 24.3 Å². The van der Waals surface area contributed by atoms with Gasteiger partial charge in [0.15, 0.2) is 0 Å². The fourth-order valence-electron chi connectivity index (χ4n) is 2.41. The highest BCUT2D eigenvalue weighted by atomic mass is 16.5. The maximum Gasteiger partial charge on any atom is 0.288 e. The van der Waals surface area contributed by atoms with Crippen LogP contribution >= 0.6 is 0 Å². The number of anilines is 1. The van der Waals surface area contributed by atoms with Gasteiger partial charge in [-0.2, -0.15) is 10.4 Å². The lowest BCUT2D eigenvalue weighted by molar-refractivity contribution is -0.140. The lowest BCUT2D eigenvalue weighted by Gasteiger charge is -2.40. The van der Waals surface area contributed by atoms with Gasteiger partial charge in [0.2, 0.25) is 12.1 Å². The largest absolute Gasteiger partial charge is 0.497 e. The standard InChI is InChI=1S/C17H22N4O3/c1-4-6-11-20-16(22)15(12-18)19-21(17(20)24-5-2)13-7-9-14(23-3)10-8-13/h7-10,17H,4-6,11H2,1-3H3/t17-/m0/s1. The summed E-state index contributed by atoms with van der Waals surface area (Å²) < 4.78 is 10.9. The first-order chi connectivity index (χ1) is 11.7. The second kappa shape index (κ2) is 8.31. The molecule has 1 atom stereocenters. The number of hydrazone groups is 1. The van der Waals surface area contributed by atoms with E-state index in [-0.39, 0.29) is 5.71 Å². The lowest BCUT2D eigenvalue weighted by Crippen LogP contribution is -2.57. The molecule has 0 N–H and O–H groups in total. The first kappa shape index (κ1) is 17.8. The van der Waals surface area contributed by atoms with Crippen LogP contribution in [-0.4, -0.2) is 43.1 Å². The minimum atomic E-state index is -0.667. The molecule has 1 aromatic carbocycles. The molecule has 0 aromatic heterocycles. The third-order valence-corrected chi connectivity index (χ3v) is 3.66. The van der Waals surface area contributed by atoms with E-state index in [1.165, 1.54) is 0 Å². The minimum absolute atomic E-state index is 0.141. The van der Waals surface area contributed by atoms with E-state index < -0.39 is 12.3 Å². The third-order valence-electron chi connectivity index (χ3n) is 3.66. The van der Waals surface area contributed by atoms with Gasteiger partial charge in [-0.1, -0.05) is 13.3 Å². The quantitative estimate of drug-likeness (QED) is 0.767. The van der Waals surface area contributed by atoms with Gasteiger partial charge in [-0.15, -0.1) is 0 Å². The minimum Gasteiger partial charge on any atom is -0.497 e. The van der Waals surface area contributed by atoms with E-state index in [4.69, 9.17) is 9.47 Å². The molecule has 24 heavy (non-hydrogen) atoms. The van der Waals surface area contributed by atoms with Gasteiger partial charge in [-0.05, 0) is 37.6 Å². The molecule has 0 aliphatic carbocycles. The molecule has 0 spiro atoms. The Kier molecular flexibility index (Phi) is 6.15. The van der Waals surface area contributed by atoms with Gasteiger partial charge in [0.05, 0.1) is 12.8 Å². The number of amides is 1. The van der Waals surface area contributed by atoms with Crippen LogP contribution in [-0.2, 0) is 9.53 Å². The van der Waals surface area contributed by atoms with Gasteiger partial charge in [0.1, 0.15) is 11.8 Å². The Morgan fingerprint density at radius 1 is 1.29 bits per heavy atom. The Balaban J connectivity index is 2.41. The van der Waals surface area contributed by atoms with Gasteiger partial charge in [-0.25, -0.2) is 5.01 Å². The van der Waals surface area contributed by atoms with E-state index in [9.17, 15) is 10.1 Å². The summed E-state index contributed by atoms with van der Waals surface area (Å²) in [6.45, 7) is 4.83. The van der Waals surface area contributed by atoms with Gasteiger partial charge >= 0.3 is 0 Å². The molecule has 0 bridgehead atoms. The van der Waals surface area contributed by atoms with Crippen LogP contribution in [0.5, 0.6) is 5.75 Å². The molecular weight excluding hydrogens is 308 g/mol. The average molecular weight is 330 g/mol. The molecule has 0 radical (unpaired) electrons. The normalized spacial score (nSPS) is 17.5. The maximum absolute atomic E-state index is 12.5. The van der Waals surface area contributed by atoms with Crippen LogP contribution < -0.4 is 9.75 Å². The first-order valence-corrected chi connectivity index (χ1v) is 8.00. The highest BCUT2D eigenvalue weighted by Crippen LogP contribution is 2.26. The molecule has 1 aromatic rings. The molecule has 1 heterocycles. The molecular formula is C17H22N4O3. The Morgan fingerprint density at radius 3 is 2.54 bits per heavy atom. The molecule has 0 saturated carbocycles. The first-order valence-electron chi connectivity index (χ1n) is 8.00. The zero-order valence-corrected chi connectivity index (χ0v) is 14.2. The number of hydrogen-bond donors (Lipinski definition) is 0. The third kappa shape index (κ3) is 3.66. The summed E-state index contributed by atoms with van der Waals surface area (Å²) >= 11 is 0. The number of nitrogens with zero attached hydrogens (tertiary/aromatic N) is 4. The number of ether oxygens (including phenoxy) is 2. The van der Waals surface area contributed by atoms with Crippen LogP contribution in [0.3, 0.4) is 0 Å². The number of unbranched alkanes of at least 4 members (excludes halogenated alkanes) is 1. The zero-order valence-electron chi connectivity index (χ0n) is 14.2. The molecule has 0 saturated heterocycles. The average Bonchev–Trinajstić information content (AvgIpc) is 2.62. The number of carbonyl (C=O) groups excluding carboxylic acids is 1. The van der Waals surface area contributed by atoms with E-state index in [1.807, 2.05) is 32.0 Å². The Labute approximate surface area is 142 Å². The summed E-state index contributed by atoms with van der Waals surface area (Å²) in [7, 11) is 1.59. The van der Waals surface area contributed by atoms with E-state index in [1.54, 1.807) is 29.2 Å². The monoisotopic (exact) mass is 330 g/mol. The van der Waals surface area contributed by atoms with E-state index in [2.05, 4.69) is 5.10 Å². The van der Waals surface area contributed by atoms with Crippen molar-refractivity contribution in [3.8, 4) is 11.8 Å². The number of carbonyl (C=O) groups is 1. The fourth-order valence-corrected chi connectivity index (χ4v) is 2.41. The number of methoxy groups -OCH3 is 1. The van der Waals surface area contributed by atoms with Crippen molar-refractivity contribution < 1.29 is 14.3 Å². The summed E-state index contributed by atoms with van der Waals surface area (Å²) in [5.74, 6) is 0.321. The second-order valence-electron chi connectivity index (χ2n) is 5.24. The number of benzene rings is 1. The van der Waals surface area contributed by atoms with Crippen LogP contribution in [0, 0.1) is 11.3 Å². The topological polar surface area (TPSA) is 78.2 Å². The van der Waals surface area contributed by atoms with E-state index >= 15 is 0 Å².